The van der Waals surface area contributed by atoms with Crippen molar-refractivity contribution in [3.63, 3.8) is 0 Å². The highest BCUT2D eigenvalue weighted by atomic mass is 35.5. The Kier molecular flexibility index (Phi) is 4.19. The Morgan fingerprint density at radius 2 is 2.23 bits per heavy atom. The standard InChI is InChI=1S/C10H13ClFN/c1-2-13-6-5-8-7-9(11)3-4-10(8)12/h3-4,7,13H,2,5-6H2,1H3. The van der Waals surface area contributed by atoms with Crippen molar-refractivity contribution in [3.8, 4) is 0 Å². The van der Waals surface area contributed by atoms with E-state index in [2.05, 4.69) is 5.32 Å². The normalized spacial score (nSPS) is 10.4. The van der Waals surface area contributed by atoms with Crippen molar-refractivity contribution in [1.29, 1.82) is 0 Å². The molecular weight excluding hydrogens is 189 g/mol. The Balaban J connectivity index is 2.59. The highest BCUT2D eigenvalue weighted by molar-refractivity contribution is 6.30. The van der Waals surface area contributed by atoms with Gasteiger partial charge in [-0.05, 0) is 43.3 Å². The summed E-state index contributed by atoms with van der Waals surface area (Å²) >= 11 is 5.74. The molecule has 0 radical (unpaired) electrons. The monoisotopic (exact) mass is 201 g/mol. The molecule has 13 heavy (non-hydrogen) atoms. The summed E-state index contributed by atoms with van der Waals surface area (Å²) in [5.74, 6) is -0.178. The highest BCUT2D eigenvalue weighted by Crippen LogP contribution is 2.14. The van der Waals surface area contributed by atoms with E-state index in [4.69, 9.17) is 11.6 Å². The lowest BCUT2D eigenvalue weighted by Crippen LogP contribution is -2.16. The van der Waals surface area contributed by atoms with Gasteiger partial charge in [-0.1, -0.05) is 18.5 Å². The second-order valence-corrected chi connectivity index (χ2v) is 3.28. The van der Waals surface area contributed by atoms with Crippen LogP contribution in [0.25, 0.3) is 0 Å². The molecule has 1 nitrogen and oxygen atoms in total. The summed E-state index contributed by atoms with van der Waals surface area (Å²) < 4.78 is 13.1. The fourth-order valence-corrected chi connectivity index (χ4v) is 1.33. The first-order valence-corrected chi connectivity index (χ1v) is 4.76. The van der Waals surface area contributed by atoms with E-state index in [0.717, 1.165) is 13.1 Å². The van der Waals surface area contributed by atoms with Gasteiger partial charge < -0.3 is 5.32 Å². The topological polar surface area (TPSA) is 12.0 Å². The Morgan fingerprint density at radius 3 is 2.92 bits per heavy atom. The van der Waals surface area contributed by atoms with Crippen LogP contribution in [0, 0.1) is 5.82 Å². The summed E-state index contributed by atoms with van der Waals surface area (Å²) in [5, 5.41) is 3.72. The minimum Gasteiger partial charge on any atom is -0.317 e. The number of benzene rings is 1. The predicted molar refractivity (Wildman–Crippen MR) is 53.7 cm³/mol. The zero-order valence-electron chi connectivity index (χ0n) is 7.61. The maximum absolute atomic E-state index is 13.1. The Bertz CT molecular complexity index is 276. The average Bonchev–Trinajstić information content (AvgIpc) is 2.11. The molecule has 0 spiro atoms. The molecule has 72 valence electrons. The van der Waals surface area contributed by atoms with Crippen molar-refractivity contribution in [1.82, 2.24) is 5.32 Å². The molecule has 3 heteroatoms. The van der Waals surface area contributed by atoms with Gasteiger partial charge in [-0.3, -0.25) is 0 Å². The zero-order chi connectivity index (χ0) is 9.68. The predicted octanol–water partition coefficient (Wildman–Crippen LogP) is 2.63. The van der Waals surface area contributed by atoms with E-state index in [1.807, 2.05) is 6.92 Å². The fourth-order valence-electron chi connectivity index (χ4n) is 1.13. The molecule has 0 aliphatic carbocycles. The lowest BCUT2D eigenvalue weighted by Gasteiger charge is -2.03. The molecule has 1 rings (SSSR count). The molecule has 1 N–H and O–H groups in total. The molecule has 1 aromatic carbocycles. The number of rotatable bonds is 4. The molecule has 0 aromatic heterocycles. The first kappa shape index (κ1) is 10.5. The average molecular weight is 202 g/mol. The molecule has 0 amide bonds. The van der Waals surface area contributed by atoms with Crippen LogP contribution in [0.1, 0.15) is 12.5 Å². The molecule has 0 saturated heterocycles. The van der Waals surface area contributed by atoms with Crippen LogP contribution in [0.2, 0.25) is 5.02 Å². The van der Waals surface area contributed by atoms with E-state index in [-0.39, 0.29) is 5.82 Å². The van der Waals surface area contributed by atoms with E-state index < -0.39 is 0 Å². The van der Waals surface area contributed by atoms with Crippen LogP contribution in [0.15, 0.2) is 18.2 Å². The Morgan fingerprint density at radius 1 is 1.46 bits per heavy atom. The molecule has 0 unspecified atom stereocenters. The van der Waals surface area contributed by atoms with Crippen LogP contribution in [0.5, 0.6) is 0 Å². The minimum absolute atomic E-state index is 0.178. The van der Waals surface area contributed by atoms with E-state index in [1.165, 1.54) is 6.07 Å². The number of likely N-dealkylation sites (N-methyl/N-ethyl adjacent to an activating group) is 1. The van der Waals surface area contributed by atoms with Crippen LogP contribution in [0.4, 0.5) is 4.39 Å². The van der Waals surface area contributed by atoms with Crippen LogP contribution in [0.3, 0.4) is 0 Å². The van der Waals surface area contributed by atoms with Crippen LogP contribution in [-0.2, 0) is 6.42 Å². The third kappa shape index (κ3) is 3.33. The van der Waals surface area contributed by atoms with Gasteiger partial charge in [0.25, 0.3) is 0 Å². The van der Waals surface area contributed by atoms with Gasteiger partial charge in [-0.25, -0.2) is 4.39 Å². The van der Waals surface area contributed by atoms with Gasteiger partial charge in [0, 0.05) is 5.02 Å². The molecular formula is C10H13ClFN. The van der Waals surface area contributed by atoms with Crippen LogP contribution >= 0.6 is 11.6 Å². The third-order valence-electron chi connectivity index (χ3n) is 1.83. The van der Waals surface area contributed by atoms with Crippen LogP contribution in [-0.4, -0.2) is 13.1 Å². The van der Waals surface area contributed by atoms with Gasteiger partial charge in [0.2, 0.25) is 0 Å². The van der Waals surface area contributed by atoms with Crippen molar-refractivity contribution in [2.75, 3.05) is 13.1 Å². The van der Waals surface area contributed by atoms with Gasteiger partial charge >= 0.3 is 0 Å². The summed E-state index contributed by atoms with van der Waals surface area (Å²) in [4.78, 5) is 0. The lowest BCUT2D eigenvalue weighted by atomic mass is 10.1. The van der Waals surface area contributed by atoms with Crippen molar-refractivity contribution < 1.29 is 4.39 Å². The number of nitrogens with one attached hydrogen (secondary N) is 1. The number of halogens is 2. The Labute approximate surface area is 82.9 Å². The van der Waals surface area contributed by atoms with Gasteiger partial charge in [-0.2, -0.15) is 0 Å². The molecule has 0 atom stereocenters. The fraction of sp³-hybridized carbons (Fsp3) is 0.400. The third-order valence-corrected chi connectivity index (χ3v) is 2.06. The van der Waals surface area contributed by atoms with Crippen molar-refractivity contribution >= 4 is 11.6 Å². The summed E-state index contributed by atoms with van der Waals surface area (Å²) in [6.07, 6.45) is 0.681. The molecule has 1 aromatic rings. The van der Waals surface area contributed by atoms with Crippen molar-refractivity contribution in [3.05, 3.63) is 34.6 Å². The zero-order valence-corrected chi connectivity index (χ0v) is 8.37. The van der Waals surface area contributed by atoms with Crippen molar-refractivity contribution in [2.45, 2.75) is 13.3 Å². The largest absolute Gasteiger partial charge is 0.317 e. The van der Waals surface area contributed by atoms with Gasteiger partial charge in [0.15, 0.2) is 0 Å². The maximum Gasteiger partial charge on any atom is 0.126 e. The van der Waals surface area contributed by atoms with Crippen molar-refractivity contribution in [2.24, 2.45) is 0 Å². The van der Waals surface area contributed by atoms with E-state index in [9.17, 15) is 4.39 Å². The minimum atomic E-state index is -0.178. The van der Waals surface area contributed by atoms with Crippen LogP contribution < -0.4 is 5.32 Å². The first-order valence-electron chi connectivity index (χ1n) is 4.38. The second kappa shape index (κ2) is 5.20. The molecule has 0 aliphatic rings. The van der Waals surface area contributed by atoms with E-state index >= 15 is 0 Å². The summed E-state index contributed by atoms with van der Waals surface area (Å²) in [6, 6.07) is 4.64. The van der Waals surface area contributed by atoms with E-state index in [1.54, 1.807) is 12.1 Å². The van der Waals surface area contributed by atoms with Gasteiger partial charge in [0.1, 0.15) is 5.82 Å². The van der Waals surface area contributed by atoms with Gasteiger partial charge in [0.05, 0.1) is 0 Å². The summed E-state index contributed by atoms with van der Waals surface area (Å²) in [5.41, 5.74) is 0.674. The first-order chi connectivity index (χ1) is 6.24. The Hall–Kier alpha value is -0.600. The van der Waals surface area contributed by atoms with Gasteiger partial charge in [-0.15, -0.1) is 0 Å². The molecule has 0 aliphatic heterocycles. The lowest BCUT2D eigenvalue weighted by molar-refractivity contribution is 0.601. The molecule has 0 heterocycles. The highest BCUT2D eigenvalue weighted by Gasteiger charge is 2.01. The number of hydrogen-bond donors (Lipinski definition) is 1. The maximum atomic E-state index is 13.1. The smallest absolute Gasteiger partial charge is 0.126 e. The number of hydrogen-bond acceptors (Lipinski definition) is 1. The molecule has 0 fully saturated rings. The second-order valence-electron chi connectivity index (χ2n) is 2.84. The van der Waals surface area contributed by atoms with E-state index in [0.29, 0.717) is 17.0 Å². The molecule has 0 saturated carbocycles. The summed E-state index contributed by atoms with van der Waals surface area (Å²) in [7, 11) is 0. The quantitative estimate of drug-likeness (QED) is 0.739. The SMILES string of the molecule is CCNCCc1cc(Cl)ccc1F. The molecule has 0 bridgehead atoms. The summed E-state index contributed by atoms with van der Waals surface area (Å²) in [6.45, 7) is 3.71.